The Kier molecular flexibility index (Phi) is 6.50. The average Bonchev–Trinajstić information content (AvgIpc) is 2.70. The van der Waals surface area contributed by atoms with Gasteiger partial charge in [-0.1, -0.05) is 18.8 Å². The maximum absolute atomic E-state index is 12.6. The van der Waals surface area contributed by atoms with Crippen LogP contribution < -0.4 is 10.1 Å². The van der Waals surface area contributed by atoms with Gasteiger partial charge in [0.25, 0.3) is 5.91 Å². The molecule has 0 bridgehead atoms. The minimum absolute atomic E-state index is 0.199. The molecule has 2 N–H and O–H groups in total. The molecule has 1 aromatic carbocycles. The van der Waals surface area contributed by atoms with Crippen LogP contribution in [0.25, 0.3) is 11.3 Å². The molecular weight excluding hydrogens is 366 g/mol. The minimum Gasteiger partial charge on any atom is -0.481 e. The first-order valence-electron chi connectivity index (χ1n) is 10.0. The summed E-state index contributed by atoms with van der Waals surface area (Å²) in [6.07, 6.45) is 9.40. The van der Waals surface area contributed by atoms with Crippen molar-refractivity contribution in [2.75, 3.05) is 13.2 Å². The van der Waals surface area contributed by atoms with Crippen LogP contribution in [0.15, 0.2) is 24.3 Å². The summed E-state index contributed by atoms with van der Waals surface area (Å²) in [6, 6.07) is 7.37. The number of nitrogens with zero attached hydrogens (tertiary/aromatic N) is 2. The van der Waals surface area contributed by atoms with E-state index in [9.17, 15) is 9.90 Å². The fourth-order valence-corrected chi connectivity index (χ4v) is 3.83. The third-order valence-electron chi connectivity index (χ3n) is 5.21. The van der Waals surface area contributed by atoms with E-state index in [1.807, 2.05) is 31.2 Å². The number of benzene rings is 1. The minimum atomic E-state index is -1.10. The zero-order valence-corrected chi connectivity index (χ0v) is 17.0. The topological polar surface area (TPSA) is 84.3 Å². The first-order valence-corrected chi connectivity index (χ1v) is 10.0. The number of rotatable bonds is 5. The fourth-order valence-electron chi connectivity index (χ4n) is 3.83. The molecule has 1 aliphatic carbocycles. The van der Waals surface area contributed by atoms with Crippen LogP contribution in [-0.2, 0) is 12.0 Å². The van der Waals surface area contributed by atoms with E-state index in [0.717, 1.165) is 30.4 Å². The standard InChI is InChI=1S/C23H27N3O3/c1-4-15-29-17-12-10-16(11-13-17)20-19-18(9-7-6-8-14-23(19,3)28)21(26-25-20)22(27)24-5-2/h1,10-13,28H,5-9,14-15H2,2-3H3,(H,24,27). The van der Waals surface area contributed by atoms with Crippen molar-refractivity contribution >= 4 is 5.91 Å². The number of ether oxygens (including phenoxy) is 1. The Morgan fingerprint density at radius 1 is 1.28 bits per heavy atom. The molecule has 0 saturated carbocycles. The van der Waals surface area contributed by atoms with Crippen molar-refractivity contribution < 1.29 is 14.6 Å². The number of aliphatic hydroxyl groups is 1. The molecule has 1 atom stereocenters. The highest BCUT2D eigenvalue weighted by molar-refractivity contribution is 5.94. The van der Waals surface area contributed by atoms with E-state index in [-0.39, 0.29) is 12.5 Å². The lowest BCUT2D eigenvalue weighted by Gasteiger charge is -2.31. The molecule has 1 aromatic heterocycles. The lowest BCUT2D eigenvalue weighted by Crippen LogP contribution is -2.31. The zero-order chi connectivity index (χ0) is 20.9. The number of aromatic nitrogens is 2. The van der Waals surface area contributed by atoms with Gasteiger partial charge in [-0.05, 0) is 62.9 Å². The fraction of sp³-hybridized carbons (Fsp3) is 0.435. The Bertz CT molecular complexity index is 914. The van der Waals surface area contributed by atoms with Gasteiger partial charge in [-0.15, -0.1) is 16.6 Å². The van der Waals surface area contributed by atoms with Crippen molar-refractivity contribution in [1.29, 1.82) is 0 Å². The Morgan fingerprint density at radius 2 is 2.03 bits per heavy atom. The number of amides is 1. The van der Waals surface area contributed by atoms with Crippen LogP contribution in [0.3, 0.4) is 0 Å². The van der Waals surface area contributed by atoms with Gasteiger partial charge in [-0.25, -0.2) is 0 Å². The van der Waals surface area contributed by atoms with Crippen LogP contribution in [0.1, 0.15) is 61.1 Å². The second kappa shape index (κ2) is 9.06. The molecule has 29 heavy (non-hydrogen) atoms. The van der Waals surface area contributed by atoms with Crippen LogP contribution in [0.5, 0.6) is 5.75 Å². The van der Waals surface area contributed by atoms with Crippen molar-refractivity contribution in [2.45, 2.75) is 51.6 Å². The van der Waals surface area contributed by atoms with Gasteiger partial charge < -0.3 is 15.2 Å². The highest BCUT2D eigenvalue weighted by atomic mass is 16.5. The second-order valence-electron chi connectivity index (χ2n) is 7.46. The summed E-state index contributed by atoms with van der Waals surface area (Å²) in [5, 5.41) is 22.8. The molecule has 0 spiro atoms. The first-order chi connectivity index (χ1) is 14.0. The Morgan fingerprint density at radius 3 is 2.72 bits per heavy atom. The number of nitrogens with one attached hydrogen (secondary N) is 1. The molecule has 1 heterocycles. The highest BCUT2D eigenvalue weighted by Crippen LogP contribution is 2.39. The van der Waals surface area contributed by atoms with Gasteiger partial charge in [0.1, 0.15) is 12.4 Å². The normalized spacial score (nSPS) is 18.7. The summed E-state index contributed by atoms with van der Waals surface area (Å²) in [5.74, 6) is 2.85. The Labute approximate surface area is 171 Å². The molecule has 3 rings (SSSR count). The van der Waals surface area contributed by atoms with E-state index in [4.69, 9.17) is 11.2 Å². The number of terminal acetylenes is 1. The van der Waals surface area contributed by atoms with Crippen LogP contribution >= 0.6 is 0 Å². The molecule has 0 aliphatic heterocycles. The summed E-state index contributed by atoms with van der Waals surface area (Å²) in [7, 11) is 0. The van der Waals surface area contributed by atoms with Gasteiger partial charge in [-0.2, -0.15) is 0 Å². The monoisotopic (exact) mass is 393 g/mol. The van der Waals surface area contributed by atoms with Crippen molar-refractivity contribution in [1.82, 2.24) is 15.5 Å². The molecule has 1 unspecified atom stereocenters. The zero-order valence-electron chi connectivity index (χ0n) is 17.0. The lowest BCUT2D eigenvalue weighted by atomic mass is 9.80. The highest BCUT2D eigenvalue weighted by Gasteiger charge is 2.34. The third kappa shape index (κ3) is 4.57. The Balaban J connectivity index is 2.14. The average molecular weight is 393 g/mol. The molecule has 2 aromatic rings. The Hall–Kier alpha value is -2.91. The van der Waals surface area contributed by atoms with Crippen molar-refractivity contribution in [3.63, 3.8) is 0 Å². The summed E-state index contributed by atoms with van der Waals surface area (Å²) in [6.45, 7) is 4.37. The number of fused-ring (bicyclic) bond motifs is 1. The van der Waals surface area contributed by atoms with E-state index < -0.39 is 5.60 Å². The molecule has 0 fully saturated rings. The summed E-state index contributed by atoms with van der Waals surface area (Å²) in [5.41, 5.74) is 2.11. The predicted molar refractivity (Wildman–Crippen MR) is 112 cm³/mol. The van der Waals surface area contributed by atoms with Crippen molar-refractivity contribution in [2.24, 2.45) is 0 Å². The van der Waals surface area contributed by atoms with Gasteiger partial charge in [0, 0.05) is 17.7 Å². The lowest BCUT2D eigenvalue weighted by molar-refractivity contribution is 0.0423. The molecule has 0 radical (unpaired) electrons. The van der Waals surface area contributed by atoms with E-state index in [1.165, 1.54) is 0 Å². The first kappa shape index (κ1) is 20.8. The molecular formula is C23H27N3O3. The van der Waals surface area contributed by atoms with Crippen molar-refractivity contribution in [3.05, 3.63) is 41.1 Å². The van der Waals surface area contributed by atoms with Crippen molar-refractivity contribution in [3.8, 4) is 29.4 Å². The smallest absolute Gasteiger partial charge is 0.272 e. The van der Waals surface area contributed by atoms with Gasteiger partial charge in [0.2, 0.25) is 0 Å². The van der Waals surface area contributed by atoms with Gasteiger partial charge in [0.15, 0.2) is 5.69 Å². The van der Waals surface area contributed by atoms with Gasteiger partial charge >= 0.3 is 0 Å². The maximum atomic E-state index is 12.6. The van der Waals surface area contributed by atoms with E-state index in [0.29, 0.717) is 42.1 Å². The third-order valence-corrected chi connectivity index (χ3v) is 5.21. The van der Waals surface area contributed by atoms with E-state index >= 15 is 0 Å². The SMILES string of the molecule is C#CCOc1ccc(-c2nnc(C(=O)NCC)c3c2C(C)(O)CCCCC3)cc1. The number of carbonyl (C=O) groups is 1. The molecule has 1 aliphatic rings. The molecule has 1 amide bonds. The largest absolute Gasteiger partial charge is 0.481 e. The number of hydrogen-bond acceptors (Lipinski definition) is 5. The molecule has 152 valence electrons. The van der Waals surface area contributed by atoms with Crippen LogP contribution in [0, 0.1) is 12.3 Å². The van der Waals surface area contributed by atoms with E-state index in [1.54, 1.807) is 6.92 Å². The molecule has 0 saturated heterocycles. The maximum Gasteiger partial charge on any atom is 0.272 e. The molecule has 6 nitrogen and oxygen atoms in total. The predicted octanol–water partition coefficient (Wildman–Crippen LogP) is 3.23. The number of carbonyl (C=O) groups excluding carboxylic acids is 1. The van der Waals surface area contributed by atoms with Crippen LogP contribution in [0.2, 0.25) is 0 Å². The summed E-state index contributed by atoms with van der Waals surface area (Å²) >= 11 is 0. The van der Waals surface area contributed by atoms with Gasteiger partial charge in [-0.3, -0.25) is 4.79 Å². The van der Waals surface area contributed by atoms with Gasteiger partial charge in [0.05, 0.1) is 11.3 Å². The second-order valence-corrected chi connectivity index (χ2v) is 7.46. The summed E-state index contributed by atoms with van der Waals surface area (Å²) in [4.78, 5) is 12.6. The van der Waals surface area contributed by atoms with Crippen LogP contribution in [0.4, 0.5) is 0 Å². The molecule has 6 heteroatoms. The summed E-state index contributed by atoms with van der Waals surface area (Å²) < 4.78 is 5.44. The van der Waals surface area contributed by atoms with Crippen LogP contribution in [-0.4, -0.2) is 34.4 Å². The van der Waals surface area contributed by atoms with E-state index in [2.05, 4.69) is 21.4 Å². The number of hydrogen-bond donors (Lipinski definition) is 2. The quantitative estimate of drug-likeness (QED) is 0.762.